The summed E-state index contributed by atoms with van der Waals surface area (Å²) < 4.78 is 1.35. The molecule has 0 aromatic carbocycles. The summed E-state index contributed by atoms with van der Waals surface area (Å²) in [5, 5.41) is 11.0. The molecule has 0 aliphatic heterocycles. The Morgan fingerprint density at radius 1 is 1.53 bits per heavy atom. The zero-order chi connectivity index (χ0) is 14.0. The number of aryl methyl sites for hydroxylation is 2. The molecule has 1 N–H and O–H groups in total. The van der Waals surface area contributed by atoms with Crippen molar-refractivity contribution in [1.29, 1.82) is 5.26 Å². The van der Waals surface area contributed by atoms with Gasteiger partial charge in [0.05, 0.1) is 10.6 Å². The average Bonchev–Trinajstić information content (AvgIpc) is 2.88. The van der Waals surface area contributed by atoms with Gasteiger partial charge < -0.3 is 0 Å². The monoisotopic (exact) mass is 271 g/mol. The van der Waals surface area contributed by atoms with Gasteiger partial charge >= 0.3 is 0 Å². The molecule has 2 heterocycles. The predicted molar refractivity (Wildman–Crippen MR) is 77.6 cm³/mol. The number of nitriles is 1. The van der Waals surface area contributed by atoms with E-state index >= 15 is 0 Å². The van der Waals surface area contributed by atoms with Crippen molar-refractivity contribution in [3.63, 3.8) is 0 Å². The Bertz CT molecular complexity index is 720. The molecule has 0 aliphatic rings. The summed E-state index contributed by atoms with van der Waals surface area (Å²) in [5.41, 5.74) is 4.81. The highest BCUT2D eigenvalue weighted by Crippen LogP contribution is 2.17. The van der Waals surface area contributed by atoms with Gasteiger partial charge in [-0.25, -0.2) is 4.68 Å². The van der Waals surface area contributed by atoms with Crippen molar-refractivity contribution < 1.29 is 0 Å². The maximum Gasteiger partial charge on any atom is 0.287 e. The van der Waals surface area contributed by atoms with Crippen LogP contribution in [0, 0.1) is 25.2 Å². The van der Waals surface area contributed by atoms with Gasteiger partial charge in [-0.1, -0.05) is 12.6 Å². The van der Waals surface area contributed by atoms with Crippen LogP contribution in [0.2, 0.25) is 0 Å². The minimum Gasteiger partial charge on any atom is -0.291 e. The van der Waals surface area contributed by atoms with E-state index in [9.17, 15) is 4.79 Å². The number of hydrogen-bond acceptors (Lipinski definition) is 4. The Morgan fingerprint density at radius 3 is 2.84 bits per heavy atom. The smallest absolute Gasteiger partial charge is 0.287 e. The number of nitrogens with one attached hydrogen (secondary N) is 1. The van der Waals surface area contributed by atoms with Gasteiger partial charge in [-0.15, -0.1) is 11.3 Å². The lowest BCUT2D eigenvalue weighted by Gasteiger charge is -2.15. The Hall–Kier alpha value is -2.32. The zero-order valence-corrected chi connectivity index (χ0v) is 11.5. The fraction of sp³-hybridized carbons (Fsp3) is 0.143. The Labute approximate surface area is 115 Å². The van der Waals surface area contributed by atoms with E-state index in [1.54, 1.807) is 13.0 Å². The fourth-order valence-electron chi connectivity index (χ4n) is 1.81. The van der Waals surface area contributed by atoms with Crippen molar-refractivity contribution in [1.82, 2.24) is 4.68 Å². The van der Waals surface area contributed by atoms with Gasteiger partial charge in [-0.2, -0.15) is 5.26 Å². The van der Waals surface area contributed by atoms with E-state index in [4.69, 9.17) is 5.26 Å². The van der Waals surface area contributed by atoms with Gasteiger partial charge in [0.2, 0.25) is 0 Å². The molecule has 2 aromatic heterocycles. The summed E-state index contributed by atoms with van der Waals surface area (Å²) in [4.78, 5) is 13.1. The fourth-order valence-corrected chi connectivity index (χ4v) is 2.45. The van der Waals surface area contributed by atoms with Crippen LogP contribution < -0.4 is 11.0 Å². The highest BCUT2D eigenvalue weighted by atomic mass is 32.1. The molecule has 0 aliphatic carbocycles. The summed E-state index contributed by atoms with van der Waals surface area (Å²) in [7, 11) is 0. The van der Waals surface area contributed by atoms with Crippen molar-refractivity contribution in [2.75, 3.05) is 5.43 Å². The number of nitrogens with zero attached hydrogens (tertiary/aromatic N) is 2. The maximum atomic E-state index is 12.2. The van der Waals surface area contributed by atoms with Crippen LogP contribution in [-0.2, 0) is 0 Å². The van der Waals surface area contributed by atoms with E-state index in [0.717, 1.165) is 10.6 Å². The Morgan fingerprint density at radius 2 is 2.26 bits per heavy atom. The second-order valence-electron chi connectivity index (χ2n) is 4.16. The van der Waals surface area contributed by atoms with Gasteiger partial charge in [0.1, 0.15) is 11.6 Å². The lowest BCUT2D eigenvalue weighted by Crippen LogP contribution is -2.32. The molecule has 4 nitrogen and oxygen atoms in total. The molecule has 96 valence electrons. The number of thiophene rings is 1. The van der Waals surface area contributed by atoms with Crippen LogP contribution in [0.4, 0.5) is 0 Å². The second-order valence-corrected chi connectivity index (χ2v) is 5.11. The molecule has 0 fully saturated rings. The number of aromatic nitrogens is 1. The summed E-state index contributed by atoms with van der Waals surface area (Å²) in [6.07, 6.45) is 0. The highest BCUT2D eigenvalue weighted by Gasteiger charge is 2.11. The Balaban J connectivity index is 2.45. The van der Waals surface area contributed by atoms with Gasteiger partial charge in [0.15, 0.2) is 0 Å². The minimum absolute atomic E-state index is 0.150. The third-order valence-electron chi connectivity index (χ3n) is 2.77. The molecule has 5 heteroatoms. The topological polar surface area (TPSA) is 57.8 Å². The van der Waals surface area contributed by atoms with Crippen molar-refractivity contribution >= 4 is 17.0 Å². The van der Waals surface area contributed by atoms with Crippen LogP contribution in [0.25, 0.3) is 5.70 Å². The van der Waals surface area contributed by atoms with Gasteiger partial charge in [-0.3, -0.25) is 10.2 Å². The van der Waals surface area contributed by atoms with E-state index in [-0.39, 0.29) is 11.1 Å². The first-order valence-electron chi connectivity index (χ1n) is 5.67. The average molecular weight is 271 g/mol. The molecule has 0 amide bonds. The van der Waals surface area contributed by atoms with Crippen molar-refractivity contribution in [3.8, 4) is 6.07 Å². The summed E-state index contributed by atoms with van der Waals surface area (Å²) in [6.45, 7) is 7.47. The lowest BCUT2D eigenvalue weighted by atomic mass is 10.1. The van der Waals surface area contributed by atoms with Crippen LogP contribution in [0.3, 0.4) is 0 Å². The lowest BCUT2D eigenvalue weighted by molar-refractivity contribution is 0.849. The third-order valence-corrected chi connectivity index (χ3v) is 3.70. The molecule has 0 atom stereocenters. The quantitative estimate of drug-likeness (QED) is 0.933. The Kier molecular flexibility index (Phi) is 3.54. The molecule has 0 saturated carbocycles. The van der Waals surface area contributed by atoms with Crippen LogP contribution in [-0.4, -0.2) is 4.68 Å². The van der Waals surface area contributed by atoms with Crippen molar-refractivity contribution in [2.45, 2.75) is 13.8 Å². The molecule has 0 saturated heterocycles. The number of hydrogen-bond donors (Lipinski definition) is 1. The van der Waals surface area contributed by atoms with Crippen molar-refractivity contribution in [3.05, 3.63) is 62.2 Å². The molecule has 0 bridgehead atoms. The molecular weight excluding hydrogens is 258 g/mol. The van der Waals surface area contributed by atoms with E-state index in [1.165, 1.54) is 16.0 Å². The first-order valence-corrected chi connectivity index (χ1v) is 6.55. The number of pyridine rings is 1. The number of rotatable bonds is 3. The first kappa shape index (κ1) is 13.1. The molecule has 2 aromatic rings. The molecule has 0 spiro atoms. The maximum absolute atomic E-state index is 12.2. The second kappa shape index (κ2) is 5.12. The van der Waals surface area contributed by atoms with E-state index in [0.29, 0.717) is 11.3 Å². The summed E-state index contributed by atoms with van der Waals surface area (Å²) >= 11 is 1.53. The van der Waals surface area contributed by atoms with E-state index < -0.39 is 0 Å². The minimum atomic E-state index is -0.349. The molecule has 19 heavy (non-hydrogen) atoms. The van der Waals surface area contributed by atoms with Gasteiger partial charge in [0.25, 0.3) is 5.56 Å². The standard InChI is InChI=1S/C14H13N3OS/c1-9-7-10(2)17(14(18)12(9)8-15)16-11(3)13-5-4-6-19-13/h4-7,16H,3H2,1-2H3. The summed E-state index contributed by atoms with van der Waals surface area (Å²) in [6, 6.07) is 7.57. The first-order chi connectivity index (χ1) is 9.04. The van der Waals surface area contributed by atoms with Gasteiger partial charge in [-0.05, 0) is 36.9 Å². The largest absolute Gasteiger partial charge is 0.291 e. The van der Waals surface area contributed by atoms with Crippen LogP contribution >= 0.6 is 11.3 Å². The van der Waals surface area contributed by atoms with Crippen molar-refractivity contribution in [2.24, 2.45) is 0 Å². The molecular formula is C14H13N3OS. The normalized spacial score (nSPS) is 9.95. The van der Waals surface area contributed by atoms with Gasteiger partial charge in [0, 0.05) is 5.69 Å². The SMILES string of the molecule is C=C(Nn1c(C)cc(C)c(C#N)c1=O)c1cccs1. The zero-order valence-electron chi connectivity index (χ0n) is 10.7. The van der Waals surface area contributed by atoms with E-state index in [1.807, 2.05) is 30.5 Å². The third kappa shape index (κ3) is 2.44. The van der Waals surface area contributed by atoms with Crippen LogP contribution in [0.1, 0.15) is 21.7 Å². The van der Waals surface area contributed by atoms with E-state index in [2.05, 4.69) is 12.0 Å². The molecule has 2 rings (SSSR count). The van der Waals surface area contributed by atoms with Crippen LogP contribution in [0.5, 0.6) is 0 Å². The summed E-state index contributed by atoms with van der Waals surface area (Å²) in [5.74, 6) is 0. The van der Waals surface area contributed by atoms with Crippen LogP contribution in [0.15, 0.2) is 35.0 Å². The predicted octanol–water partition coefficient (Wildman–Crippen LogP) is 2.61. The molecule has 0 unspecified atom stereocenters. The molecule has 0 radical (unpaired) electrons. The highest BCUT2D eigenvalue weighted by molar-refractivity contribution is 7.11.